The van der Waals surface area contributed by atoms with E-state index in [-0.39, 0.29) is 17.8 Å². The van der Waals surface area contributed by atoms with E-state index in [0.717, 1.165) is 0 Å². The number of hydrogen-bond acceptors (Lipinski definition) is 7. The third-order valence-electron chi connectivity index (χ3n) is 3.18. The number of hydrazone groups is 1. The zero-order valence-corrected chi connectivity index (χ0v) is 15.2. The maximum Gasteiger partial charge on any atom is 0.328 e. The molecule has 0 saturated heterocycles. The smallest absolute Gasteiger partial charge is 0.328 e. The van der Waals surface area contributed by atoms with Gasteiger partial charge in [-0.05, 0) is 18.1 Å². The summed E-state index contributed by atoms with van der Waals surface area (Å²) < 4.78 is 15.9. The van der Waals surface area contributed by atoms with E-state index in [0.29, 0.717) is 29.5 Å². The molecular formula is C18H22N4O4. The van der Waals surface area contributed by atoms with Gasteiger partial charge in [0.15, 0.2) is 0 Å². The van der Waals surface area contributed by atoms with E-state index in [1.165, 1.54) is 20.4 Å². The molecule has 138 valence electrons. The summed E-state index contributed by atoms with van der Waals surface area (Å²) in [5, 5.41) is 3.97. The second-order valence-corrected chi connectivity index (χ2v) is 5.77. The van der Waals surface area contributed by atoms with Crippen LogP contribution in [0.4, 0.5) is 0 Å². The first-order valence-corrected chi connectivity index (χ1v) is 8.07. The lowest BCUT2D eigenvalue weighted by atomic mass is 10.1. The van der Waals surface area contributed by atoms with Gasteiger partial charge in [0.1, 0.15) is 5.75 Å². The van der Waals surface area contributed by atoms with Crippen molar-refractivity contribution in [2.75, 3.05) is 14.2 Å². The van der Waals surface area contributed by atoms with Gasteiger partial charge < -0.3 is 14.2 Å². The summed E-state index contributed by atoms with van der Waals surface area (Å²) in [4.78, 5) is 19.9. The van der Waals surface area contributed by atoms with Crippen molar-refractivity contribution in [3.8, 4) is 23.5 Å². The highest BCUT2D eigenvalue weighted by atomic mass is 16.5. The minimum absolute atomic E-state index is 0.0749. The molecule has 0 unspecified atom stereocenters. The second kappa shape index (κ2) is 9.36. The zero-order chi connectivity index (χ0) is 18.9. The lowest BCUT2D eigenvalue weighted by Crippen LogP contribution is -2.19. The molecule has 0 fully saturated rings. The topological polar surface area (TPSA) is 94.9 Å². The molecule has 8 nitrogen and oxygen atoms in total. The van der Waals surface area contributed by atoms with Crippen LogP contribution in [0.5, 0.6) is 23.5 Å². The van der Waals surface area contributed by atoms with Crippen molar-refractivity contribution in [2.45, 2.75) is 20.3 Å². The summed E-state index contributed by atoms with van der Waals surface area (Å²) in [5.41, 5.74) is 3.15. The highest BCUT2D eigenvalue weighted by Crippen LogP contribution is 2.25. The first kappa shape index (κ1) is 19.2. The molecule has 2 rings (SSSR count). The predicted molar refractivity (Wildman–Crippen MR) is 96.8 cm³/mol. The van der Waals surface area contributed by atoms with Crippen molar-refractivity contribution >= 4 is 12.1 Å². The van der Waals surface area contributed by atoms with Crippen LogP contribution in [0, 0.1) is 5.92 Å². The normalized spacial score (nSPS) is 10.8. The average molecular weight is 358 g/mol. The Morgan fingerprint density at radius 1 is 1.19 bits per heavy atom. The van der Waals surface area contributed by atoms with Gasteiger partial charge in [-0.15, -0.1) is 0 Å². The lowest BCUT2D eigenvalue weighted by Gasteiger charge is -2.09. The molecule has 0 spiro atoms. The minimum atomic E-state index is -0.143. The number of rotatable bonds is 8. The van der Waals surface area contributed by atoms with Crippen molar-refractivity contribution in [1.29, 1.82) is 0 Å². The SMILES string of the molecule is COc1cc(OC)nc(Oc2ccccc2/C=N/NC(=O)CC(C)C)n1. The van der Waals surface area contributed by atoms with Gasteiger partial charge >= 0.3 is 6.01 Å². The van der Waals surface area contributed by atoms with Crippen LogP contribution >= 0.6 is 0 Å². The van der Waals surface area contributed by atoms with E-state index in [2.05, 4.69) is 20.5 Å². The summed E-state index contributed by atoms with van der Waals surface area (Å²) in [5.74, 6) is 1.24. The Labute approximate surface area is 152 Å². The number of amides is 1. The largest absolute Gasteiger partial charge is 0.481 e. The lowest BCUT2D eigenvalue weighted by molar-refractivity contribution is -0.121. The molecule has 1 amide bonds. The molecule has 0 aliphatic rings. The van der Waals surface area contributed by atoms with Crippen LogP contribution < -0.4 is 19.6 Å². The summed E-state index contributed by atoms with van der Waals surface area (Å²) >= 11 is 0. The van der Waals surface area contributed by atoms with Gasteiger partial charge in [-0.1, -0.05) is 26.0 Å². The fourth-order valence-electron chi connectivity index (χ4n) is 2.01. The molecule has 0 aliphatic carbocycles. The van der Waals surface area contributed by atoms with Crippen LogP contribution in [0.2, 0.25) is 0 Å². The monoisotopic (exact) mass is 358 g/mol. The average Bonchev–Trinajstić information content (AvgIpc) is 2.62. The van der Waals surface area contributed by atoms with Crippen LogP contribution in [0.25, 0.3) is 0 Å². The van der Waals surface area contributed by atoms with Crippen molar-refractivity contribution in [3.05, 3.63) is 35.9 Å². The number of carbonyl (C=O) groups is 1. The Hall–Kier alpha value is -3.16. The van der Waals surface area contributed by atoms with E-state index < -0.39 is 0 Å². The molecule has 1 aromatic carbocycles. The van der Waals surface area contributed by atoms with E-state index in [1.54, 1.807) is 24.3 Å². The highest BCUT2D eigenvalue weighted by Gasteiger charge is 2.10. The molecular weight excluding hydrogens is 336 g/mol. The molecule has 26 heavy (non-hydrogen) atoms. The first-order chi connectivity index (χ1) is 12.5. The molecule has 0 radical (unpaired) electrons. The molecule has 8 heteroatoms. The molecule has 0 aliphatic heterocycles. The van der Waals surface area contributed by atoms with Gasteiger partial charge in [0.2, 0.25) is 17.7 Å². The Bertz CT molecular complexity index is 755. The van der Waals surface area contributed by atoms with Crippen LogP contribution in [0.15, 0.2) is 35.4 Å². The van der Waals surface area contributed by atoms with E-state index in [9.17, 15) is 4.79 Å². The van der Waals surface area contributed by atoms with Crippen LogP contribution in [-0.4, -0.2) is 36.3 Å². The van der Waals surface area contributed by atoms with Gasteiger partial charge in [-0.2, -0.15) is 15.1 Å². The first-order valence-electron chi connectivity index (χ1n) is 8.07. The van der Waals surface area contributed by atoms with Gasteiger partial charge in [0, 0.05) is 12.0 Å². The molecule has 2 aromatic rings. The number of nitrogens with zero attached hydrogens (tertiary/aromatic N) is 3. The van der Waals surface area contributed by atoms with Crippen molar-refractivity contribution < 1.29 is 19.0 Å². The number of ether oxygens (including phenoxy) is 3. The zero-order valence-electron chi connectivity index (χ0n) is 15.2. The maximum absolute atomic E-state index is 11.7. The molecule has 1 heterocycles. The summed E-state index contributed by atoms with van der Waals surface area (Å²) in [6.07, 6.45) is 1.91. The van der Waals surface area contributed by atoms with Gasteiger partial charge in [0.25, 0.3) is 0 Å². The Morgan fingerprint density at radius 3 is 2.46 bits per heavy atom. The predicted octanol–water partition coefficient (Wildman–Crippen LogP) is 2.78. The third kappa shape index (κ3) is 5.73. The van der Waals surface area contributed by atoms with Crippen molar-refractivity contribution in [2.24, 2.45) is 11.0 Å². The number of methoxy groups -OCH3 is 2. The van der Waals surface area contributed by atoms with Gasteiger partial charge in [-0.3, -0.25) is 4.79 Å². The van der Waals surface area contributed by atoms with E-state index in [4.69, 9.17) is 14.2 Å². The number of aromatic nitrogens is 2. The van der Waals surface area contributed by atoms with Crippen LogP contribution in [0.3, 0.4) is 0 Å². The Kier molecular flexibility index (Phi) is 6.90. The molecule has 0 atom stereocenters. The van der Waals surface area contributed by atoms with E-state index in [1.807, 2.05) is 19.9 Å². The van der Waals surface area contributed by atoms with Crippen LogP contribution in [0.1, 0.15) is 25.8 Å². The summed E-state index contributed by atoms with van der Waals surface area (Å²) in [6.45, 7) is 3.93. The van der Waals surface area contributed by atoms with Crippen LogP contribution in [-0.2, 0) is 4.79 Å². The molecule has 1 aromatic heterocycles. The van der Waals surface area contributed by atoms with Crippen molar-refractivity contribution in [1.82, 2.24) is 15.4 Å². The molecule has 0 bridgehead atoms. The van der Waals surface area contributed by atoms with Crippen molar-refractivity contribution in [3.63, 3.8) is 0 Å². The third-order valence-corrected chi connectivity index (χ3v) is 3.18. The number of hydrogen-bond donors (Lipinski definition) is 1. The Morgan fingerprint density at radius 2 is 1.85 bits per heavy atom. The standard InChI is InChI=1S/C18H22N4O4/c1-12(2)9-15(23)22-19-11-13-7-5-6-8-14(13)26-18-20-16(24-3)10-17(21-18)25-4/h5-8,10-12H,9H2,1-4H3,(H,22,23)/b19-11+. The Balaban J connectivity index is 2.15. The fourth-order valence-corrected chi connectivity index (χ4v) is 2.01. The van der Waals surface area contributed by atoms with E-state index >= 15 is 0 Å². The molecule has 0 saturated carbocycles. The maximum atomic E-state index is 11.7. The number of carbonyl (C=O) groups excluding carboxylic acids is 1. The number of nitrogens with one attached hydrogen (secondary N) is 1. The summed E-state index contributed by atoms with van der Waals surface area (Å²) in [7, 11) is 2.98. The van der Waals surface area contributed by atoms with Gasteiger partial charge in [0.05, 0.1) is 26.5 Å². The quantitative estimate of drug-likeness (QED) is 0.576. The van der Waals surface area contributed by atoms with Gasteiger partial charge in [-0.25, -0.2) is 5.43 Å². The number of para-hydroxylation sites is 1. The minimum Gasteiger partial charge on any atom is -0.481 e. The highest BCUT2D eigenvalue weighted by molar-refractivity contribution is 5.85. The molecule has 1 N–H and O–H groups in total. The second-order valence-electron chi connectivity index (χ2n) is 5.77. The number of benzene rings is 1. The summed E-state index contributed by atoms with van der Waals surface area (Å²) in [6, 6.07) is 8.80. The fraction of sp³-hybridized carbons (Fsp3) is 0.333.